The Balaban J connectivity index is 1.95. The SMILES string of the molecule is CN(CC1CCOCC1)c1ccnc(CN)c1. The summed E-state index contributed by atoms with van der Waals surface area (Å²) < 4.78 is 5.38. The van der Waals surface area contributed by atoms with Crippen LogP contribution >= 0.6 is 0 Å². The smallest absolute Gasteiger partial charge is 0.0560 e. The molecule has 0 spiro atoms. The van der Waals surface area contributed by atoms with E-state index in [9.17, 15) is 0 Å². The number of ether oxygens (including phenoxy) is 1. The lowest BCUT2D eigenvalue weighted by molar-refractivity contribution is 0.0685. The highest BCUT2D eigenvalue weighted by Crippen LogP contribution is 2.19. The van der Waals surface area contributed by atoms with Crippen molar-refractivity contribution in [3.8, 4) is 0 Å². The molecule has 2 N–H and O–H groups in total. The van der Waals surface area contributed by atoms with Gasteiger partial charge in [-0.2, -0.15) is 0 Å². The van der Waals surface area contributed by atoms with Crippen molar-refractivity contribution >= 4 is 5.69 Å². The molecule has 0 radical (unpaired) electrons. The van der Waals surface area contributed by atoms with Gasteiger partial charge in [-0.3, -0.25) is 4.98 Å². The van der Waals surface area contributed by atoms with Gasteiger partial charge in [-0.15, -0.1) is 0 Å². The first-order chi connectivity index (χ1) is 8.29. The van der Waals surface area contributed by atoms with Gasteiger partial charge in [-0.1, -0.05) is 0 Å². The Bertz CT molecular complexity index is 350. The fraction of sp³-hybridized carbons (Fsp3) is 0.615. The Morgan fingerprint density at radius 1 is 1.47 bits per heavy atom. The van der Waals surface area contributed by atoms with Gasteiger partial charge in [-0.25, -0.2) is 0 Å². The van der Waals surface area contributed by atoms with E-state index in [1.165, 1.54) is 18.5 Å². The molecule has 0 atom stereocenters. The van der Waals surface area contributed by atoms with E-state index in [0.717, 1.165) is 31.4 Å². The molecular formula is C13H21N3O. The normalized spacial score (nSPS) is 17.1. The summed E-state index contributed by atoms with van der Waals surface area (Å²) >= 11 is 0. The van der Waals surface area contributed by atoms with Gasteiger partial charge in [0.1, 0.15) is 0 Å². The average molecular weight is 235 g/mol. The van der Waals surface area contributed by atoms with Crippen LogP contribution in [0.1, 0.15) is 18.5 Å². The topological polar surface area (TPSA) is 51.4 Å². The third-order valence-corrected chi connectivity index (χ3v) is 3.32. The molecule has 0 bridgehead atoms. The van der Waals surface area contributed by atoms with E-state index in [0.29, 0.717) is 6.54 Å². The molecule has 1 fully saturated rings. The van der Waals surface area contributed by atoms with Crippen LogP contribution in [0, 0.1) is 5.92 Å². The standard InChI is InChI=1S/C13H21N3O/c1-16(10-11-3-6-17-7-4-11)13-2-5-15-12(8-13)9-14/h2,5,8,11H,3-4,6-7,9-10,14H2,1H3. The summed E-state index contributed by atoms with van der Waals surface area (Å²) in [4.78, 5) is 6.50. The van der Waals surface area contributed by atoms with Crippen molar-refractivity contribution < 1.29 is 4.74 Å². The van der Waals surface area contributed by atoms with Gasteiger partial charge in [0.05, 0.1) is 5.69 Å². The highest BCUT2D eigenvalue weighted by atomic mass is 16.5. The van der Waals surface area contributed by atoms with Crippen LogP contribution in [-0.2, 0) is 11.3 Å². The number of nitrogens with two attached hydrogens (primary N) is 1. The van der Waals surface area contributed by atoms with E-state index >= 15 is 0 Å². The molecule has 4 nitrogen and oxygen atoms in total. The molecule has 1 aromatic heterocycles. The quantitative estimate of drug-likeness (QED) is 0.857. The summed E-state index contributed by atoms with van der Waals surface area (Å²) in [6, 6.07) is 4.11. The van der Waals surface area contributed by atoms with Crippen LogP contribution in [0.5, 0.6) is 0 Å². The zero-order valence-electron chi connectivity index (χ0n) is 10.4. The molecule has 2 heterocycles. The van der Waals surface area contributed by atoms with Gasteiger partial charge in [0.25, 0.3) is 0 Å². The second kappa shape index (κ2) is 5.98. The Labute approximate surface area is 103 Å². The number of hydrogen-bond acceptors (Lipinski definition) is 4. The van der Waals surface area contributed by atoms with E-state index in [1.807, 2.05) is 12.3 Å². The van der Waals surface area contributed by atoms with Crippen molar-refractivity contribution in [3.05, 3.63) is 24.0 Å². The summed E-state index contributed by atoms with van der Waals surface area (Å²) in [7, 11) is 2.13. The molecule has 1 aromatic rings. The minimum absolute atomic E-state index is 0.499. The van der Waals surface area contributed by atoms with E-state index in [-0.39, 0.29) is 0 Å². The molecule has 17 heavy (non-hydrogen) atoms. The molecule has 0 aromatic carbocycles. The Morgan fingerprint density at radius 2 is 2.24 bits per heavy atom. The monoisotopic (exact) mass is 235 g/mol. The zero-order chi connectivity index (χ0) is 12.1. The first kappa shape index (κ1) is 12.3. The lowest BCUT2D eigenvalue weighted by Gasteiger charge is -2.28. The van der Waals surface area contributed by atoms with E-state index in [2.05, 4.69) is 23.0 Å². The molecule has 0 aliphatic carbocycles. The Morgan fingerprint density at radius 3 is 2.94 bits per heavy atom. The van der Waals surface area contributed by atoms with Gasteiger partial charge in [0.2, 0.25) is 0 Å². The predicted molar refractivity (Wildman–Crippen MR) is 68.9 cm³/mol. The van der Waals surface area contributed by atoms with Crippen LogP contribution in [0.15, 0.2) is 18.3 Å². The van der Waals surface area contributed by atoms with Crippen molar-refractivity contribution in [2.75, 3.05) is 31.7 Å². The summed E-state index contributed by atoms with van der Waals surface area (Å²) in [6.07, 6.45) is 4.16. The molecule has 2 rings (SSSR count). The van der Waals surface area contributed by atoms with Gasteiger partial charge in [-0.05, 0) is 30.9 Å². The predicted octanol–water partition coefficient (Wildman–Crippen LogP) is 1.40. The molecule has 94 valence electrons. The fourth-order valence-electron chi connectivity index (χ4n) is 2.24. The highest BCUT2D eigenvalue weighted by Gasteiger charge is 2.16. The molecule has 0 unspecified atom stereocenters. The number of anilines is 1. The van der Waals surface area contributed by atoms with Gasteiger partial charge >= 0.3 is 0 Å². The fourth-order valence-corrected chi connectivity index (χ4v) is 2.24. The van der Waals surface area contributed by atoms with Crippen molar-refractivity contribution in [1.82, 2.24) is 4.98 Å². The first-order valence-electron chi connectivity index (χ1n) is 6.23. The number of rotatable bonds is 4. The average Bonchev–Trinajstić information content (AvgIpc) is 2.40. The number of nitrogens with zero attached hydrogens (tertiary/aromatic N) is 2. The molecule has 1 saturated heterocycles. The maximum Gasteiger partial charge on any atom is 0.0560 e. The van der Waals surface area contributed by atoms with Crippen LogP contribution in [0.2, 0.25) is 0 Å². The maximum absolute atomic E-state index is 5.61. The van der Waals surface area contributed by atoms with Crippen molar-refractivity contribution in [2.24, 2.45) is 11.7 Å². The number of aromatic nitrogens is 1. The van der Waals surface area contributed by atoms with Gasteiger partial charge in [0.15, 0.2) is 0 Å². The largest absolute Gasteiger partial charge is 0.381 e. The van der Waals surface area contributed by atoms with Crippen LogP contribution < -0.4 is 10.6 Å². The van der Waals surface area contributed by atoms with Crippen LogP contribution in [0.4, 0.5) is 5.69 Å². The number of pyridine rings is 1. The van der Waals surface area contributed by atoms with E-state index < -0.39 is 0 Å². The Kier molecular flexibility index (Phi) is 4.34. The third kappa shape index (κ3) is 3.41. The first-order valence-corrected chi connectivity index (χ1v) is 6.23. The van der Waals surface area contributed by atoms with E-state index in [1.54, 1.807) is 0 Å². The van der Waals surface area contributed by atoms with Crippen molar-refractivity contribution in [3.63, 3.8) is 0 Å². The van der Waals surface area contributed by atoms with Gasteiger partial charge < -0.3 is 15.4 Å². The zero-order valence-corrected chi connectivity index (χ0v) is 10.4. The second-order valence-corrected chi connectivity index (χ2v) is 4.65. The third-order valence-electron chi connectivity index (χ3n) is 3.32. The molecular weight excluding hydrogens is 214 g/mol. The summed E-state index contributed by atoms with van der Waals surface area (Å²) in [6.45, 7) is 3.39. The minimum atomic E-state index is 0.499. The lowest BCUT2D eigenvalue weighted by Crippen LogP contribution is -2.29. The second-order valence-electron chi connectivity index (χ2n) is 4.65. The van der Waals surface area contributed by atoms with Crippen LogP contribution in [-0.4, -0.2) is 31.8 Å². The molecule has 4 heteroatoms. The lowest BCUT2D eigenvalue weighted by atomic mass is 10.00. The van der Waals surface area contributed by atoms with E-state index in [4.69, 9.17) is 10.5 Å². The molecule has 0 amide bonds. The summed E-state index contributed by atoms with van der Waals surface area (Å²) in [5.41, 5.74) is 7.75. The Hall–Kier alpha value is -1.13. The summed E-state index contributed by atoms with van der Waals surface area (Å²) in [5, 5.41) is 0. The van der Waals surface area contributed by atoms with Crippen molar-refractivity contribution in [1.29, 1.82) is 0 Å². The van der Waals surface area contributed by atoms with Crippen LogP contribution in [0.3, 0.4) is 0 Å². The van der Waals surface area contributed by atoms with Crippen molar-refractivity contribution in [2.45, 2.75) is 19.4 Å². The molecule has 1 aliphatic rings. The molecule has 0 saturated carbocycles. The number of hydrogen-bond donors (Lipinski definition) is 1. The molecule has 1 aliphatic heterocycles. The minimum Gasteiger partial charge on any atom is -0.381 e. The van der Waals surface area contributed by atoms with Crippen LogP contribution in [0.25, 0.3) is 0 Å². The maximum atomic E-state index is 5.61. The highest BCUT2D eigenvalue weighted by molar-refractivity contribution is 5.45. The van der Waals surface area contributed by atoms with Gasteiger partial charge in [0, 0.05) is 45.2 Å². The summed E-state index contributed by atoms with van der Waals surface area (Å²) in [5.74, 6) is 0.739.